The van der Waals surface area contributed by atoms with Gasteiger partial charge in [0.2, 0.25) is 5.91 Å². The topological polar surface area (TPSA) is 107 Å². The van der Waals surface area contributed by atoms with E-state index >= 15 is 4.39 Å². The summed E-state index contributed by atoms with van der Waals surface area (Å²) in [6.45, 7) is 4.45. The predicted octanol–water partition coefficient (Wildman–Crippen LogP) is 3.54. The number of halogens is 2. The molecule has 3 heterocycles. The third-order valence-corrected chi connectivity index (χ3v) is 6.09. The van der Waals surface area contributed by atoms with Crippen LogP contribution in [-0.4, -0.2) is 49.4 Å². The molecule has 35 heavy (non-hydrogen) atoms. The van der Waals surface area contributed by atoms with Crippen LogP contribution in [0, 0.1) is 11.6 Å². The Hall–Kier alpha value is -4.47. The standard InChI is InChI=1S/C25H20F2N6O2/c1-2-20(34)32-9-8-17(12-32)33-25-21(24(28)29-13-30-25)22(31-33)18-7-6-15(11-19(18)27)23(35)14-4-3-5-16(26)10-14/h2-7,10-11,13,17H,1,8-9,12H2,(H2,28,29,30). The van der Waals surface area contributed by atoms with Gasteiger partial charge in [0.15, 0.2) is 11.4 Å². The van der Waals surface area contributed by atoms with Crippen molar-refractivity contribution < 1.29 is 18.4 Å². The second-order valence-electron chi connectivity index (χ2n) is 8.22. The van der Waals surface area contributed by atoms with Crippen molar-refractivity contribution in [2.24, 2.45) is 0 Å². The Labute approximate surface area is 198 Å². The first-order valence-corrected chi connectivity index (χ1v) is 10.9. The molecule has 2 aromatic carbocycles. The van der Waals surface area contributed by atoms with E-state index in [1.54, 1.807) is 9.58 Å². The first kappa shape index (κ1) is 22.3. The van der Waals surface area contributed by atoms with Crippen LogP contribution in [0.2, 0.25) is 0 Å². The maximum absolute atomic E-state index is 15.3. The number of nitrogens with zero attached hydrogens (tertiary/aromatic N) is 5. The zero-order chi connectivity index (χ0) is 24.7. The summed E-state index contributed by atoms with van der Waals surface area (Å²) in [5, 5.41) is 5.00. The summed E-state index contributed by atoms with van der Waals surface area (Å²) >= 11 is 0. The van der Waals surface area contributed by atoms with Crippen molar-refractivity contribution in [3.63, 3.8) is 0 Å². The zero-order valence-electron chi connectivity index (χ0n) is 18.5. The van der Waals surface area contributed by atoms with Crippen molar-refractivity contribution in [1.29, 1.82) is 0 Å². The number of hydrogen-bond acceptors (Lipinski definition) is 6. The van der Waals surface area contributed by atoms with Crippen LogP contribution >= 0.6 is 0 Å². The minimum atomic E-state index is -0.697. The van der Waals surface area contributed by atoms with Crippen LogP contribution in [0.1, 0.15) is 28.4 Å². The zero-order valence-corrected chi connectivity index (χ0v) is 18.5. The van der Waals surface area contributed by atoms with Gasteiger partial charge in [-0.3, -0.25) is 9.59 Å². The number of carbonyl (C=O) groups is 2. The minimum absolute atomic E-state index is 0.0687. The van der Waals surface area contributed by atoms with Crippen LogP contribution in [0.15, 0.2) is 61.4 Å². The molecule has 1 fully saturated rings. The first-order chi connectivity index (χ1) is 16.9. The largest absolute Gasteiger partial charge is 0.383 e. The van der Waals surface area contributed by atoms with Crippen molar-refractivity contribution in [2.75, 3.05) is 18.8 Å². The number of hydrogen-bond donors (Lipinski definition) is 1. The lowest BCUT2D eigenvalue weighted by Gasteiger charge is -2.14. The Morgan fingerprint density at radius 2 is 1.91 bits per heavy atom. The minimum Gasteiger partial charge on any atom is -0.383 e. The van der Waals surface area contributed by atoms with Gasteiger partial charge in [-0.1, -0.05) is 24.8 Å². The molecule has 0 saturated carbocycles. The Morgan fingerprint density at radius 3 is 2.66 bits per heavy atom. The molecular formula is C25H20F2N6O2. The lowest BCUT2D eigenvalue weighted by molar-refractivity contribution is -0.125. The number of amides is 1. The molecular weight excluding hydrogens is 454 g/mol. The van der Waals surface area contributed by atoms with E-state index in [9.17, 15) is 14.0 Å². The summed E-state index contributed by atoms with van der Waals surface area (Å²) in [6.07, 6.45) is 3.19. The number of likely N-dealkylation sites (tertiary alicyclic amines) is 1. The van der Waals surface area contributed by atoms with Gasteiger partial charge in [-0.05, 0) is 36.8 Å². The van der Waals surface area contributed by atoms with E-state index < -0.39 is 17.4 Å². The van der Waals surface area contributed by atoms with Crippen LogP contribution in [0.3, 0.4) is 0 Å². The van der Waals surface area contributed by atoms with E-state index in [4.69, 9.17) is 5.73 Å². The van der Waals surface area contributed by atoms with E-state index in [-0.39, 0.29) is 40.2 Å². The van der Waals surface area contributed by atoms with Gasteiger partial charge in [0.05, 0.1) is 11.4 Å². The molecule has 1 aliphatic rings. The number of rotatable bonds is 5. The molecule has 5 rings (SSSR count). The quantitative estimate of drug-likeness (QED) is 0.350. The van der Waals surface area contributed by atoms with Gasteiger partial charge in [0.25, 0.3) is 0 Å². The van der Waals surface area contributed by atoms with Crippen LogP contribution in [-0.2, 0) is 4.79 Å². The van der Waals surface area contributed by atoms with Crippen LogP contribution in [0.25, 0.3) is 22.3 Å². The molecule has 0 aliphatic carbocycles. The van der Waals surface area contributed by atoms with Gasteiger partial charge in [0.1, 0.15) is 29.5 Å². The molecule has 2 aromatic heterocycles. The summed E-state index contributed by atoms with van der Waals surface area (Å²) in [5.74, 6) is -1.81. The number of nitrogens with two attached hydrogens (primary N) is 1. The number of aromatic nitrogens is 4. The number of benzene rings is 2. The molecule has 1 aliphatic heterocycles. The van der Waals surface area contributed by atoms with E-state index in [2.05, 4.69) is 21.6 Å². The molecule has 1 amide bonds. The average Bonchev–Trinajstić information content (AvgIpc) is 3.49. The van der Waals surface area contributed by atoms with Crippen molar-refractivity contribution in [3.8, 4) is 11.3 Å². The normalized spacial score (nSPS) is 15.5. The van der Waals surface area contributed by atoms with E-state index in [0.29, 0.717) is 30.5 Å². The number of nitrogen functional groups attached to an aromatic ring is 1. The maximum Gasteiger partial charge on any atom is 0.246 e. The van der Waals surface area contributed by atoms with E-state index in [0.717, 1.165) is 12.1 Å². The number of anilines is 1. The number of fused-ring (bicyclic) bond motifs is 1. The molecule has 1 saturated heterocycles. The summed E-state index contributed by atoms with van der Waals surface area (Å²) in [7, 11) is 0. The molecule has 10 heteroatoms. The molecule has 1 atom stereocenters. The third kappa shape index (κ3) is 3.92. The Balaban J connectivity index is 1.56. The van der Waals surface area contributed by atoms with Crippen molar-refractivity contribution in [1.82, 2.24) is 24.6 Å². The second-order valence-corrected chi connectivity index (χ2v) is 8.22. The lowest BCUT2D eigenvalue weighted by atomic mass is 10.00. The molecule has 2 N–H and O–H groups in total. The van der Waals surface area contributed by atoms with Gasteiger partial charge >= 0.3 is 0 Å². The Kier molecular flexibility index (Phi) is 5.56. The van der Waals surface area contributed by atoms with E-state index in [1.165, 1.54) is 42.7 Å². The highest BCUT2D eigenvalue weighted by atomic mass is 19.1. The smallest absolute Gasteiger partial charge is 0.246 e. The van der Waals surface area contributed by atoms with Crippen LogP contribution in [0.4, 0.5) is 14.6 Å². The Bertz CT molecular complexity index is 1500. The van der Waals surface area contributed by atoms with Gasteiger partial charge in [-0.15, -0.1) is 0 Å². The highest BCUT2D eigenvalue weighted by molar-refractivity contribution is 6.09. The first-order valence-electron chi connectivity index (χ1n) is 10.9. The van der Waals surface area contributed by atoms with E-state index in [1.807, 2.05) is 0 Å². The lowest BCUT2D eigenvalue weighted by Crippen LogP contribution is -2.27. The molecule has 4 aromatic rings. The molecule has 8 nitrogen and oxygen atoms in total. The fourth-order valence-corrected chi connectivity index (χ4v) is 4.35. The van der Waals surface area contributed by atoms with Crippen LogP contribution < -0.4 is 5.73 Å². The van der Waals surface area contributed by atoms with Crippen molar-refractivity contribution in [2.45, 2.75) is 12.5 Å². The fraction of sp³-hybridized carbons (Fsp3) is 0.160. The monoisotopic (exact) mass is 474 g/mol. The highest BCUT2D eigenvalue weighted by Gasteiger charge is 2.30. The number of ketones is 1. The fourth-order valence-electron chi connectivity index (χ4n) is 4.35. The average molecular weight is 474 g/mol. The summed E-state index contributed by atoms with van der Waals surface area (Å²) in [4.78, 5) is 34.8. The molecule has 0 spiro atoms. The van der Waals surface area contributed by atoms with Gasteiger partial charge in [-0.2, -0.15) is 5.10 Å². The summed E-state index contributed by atoms with van der Waals surface area (Å²) in [6, 6.07) is 9.00. The van der Waals surface area contributed by atoms with Gasteiger partial charge in [-0.25, -0.2) is 23.4 Å². The Morgan fingerprint density at radius 1 is 1.11 bits per heavy atom. The highest BCUT2D eigenvalue weighted by Crippen LogP contribution is 2.35. The SMILES string of the molecule is C=CC(=O)N1CCC(n2nc(-c3ccc(C(=O)c4cccc(F)c4)cc3F)c3c(N)ncnc32)C1. The van der Waals surface area contributed by atoms with Gasteiger partial charge < -0.3 is 10.6 Å². The van der Waals surface area contributed by atoms with Crippen LogP contribution in [0.5, 0.6) is 0 Å². The molecule has 1 unspecified atom stereocenters. The molecule has 176 valence electrons. The predicted molar refractivity (Wildman–Crippen MR) is 125 cm³/mol. The van der Waals surface area contributed by atoms with Crippen molar-refractivity contribution in [3.05, 3.63) is 84.2 Å². The molecule has 0 radical (unpaired) electrons. The maximum atomic E-state index is 15.3. The van der Waals surface area contributed by atoms with Crippen molar-refractivity contribution >= 4 is 28.5 Å². The third-order valence-electron chi connectivity index (χ3n) is 6.09. The summed E-state index contributed by atoms with van der Waals surface area (Å²) < 4.78 is 30.5. The second kappa shape index (κ2) is 8.71. The van der Waals surface area contributed by atoms with Gasteiger partial charge in [0, 0.05) is 29.8 Å². The summed E-state index contributed by atoms with van der Waals surface area (Å²) in [5.41, 5.74) is 7.08. The number of carbonyl (C=O) groups excluding carboxylic acids is 2. The molecule has 0 bridgehead atoms.